The lowest BCUT2D eigenvalue weighted by molar-refractivity contribution is -0.592. The van der Waals surface area contributed by atoms with Crippen molar-refractivity contribution in [2.45, 2.75) is 19.3 Å². The van der Waals surface area contributed by atoms with E-state index in [0.29, 0.717) is 48.5 Å². The largest absolute Gasteiger partial charge is 0.616 e. The molecule has 0 unspecified atom stereocenters. The SMILES string of the molecule is COc1ccc2c(c1)oc(CCNC(=O)CCCCl)[n+]2[O-]. The van der Waals surface area contributed by atoms with E-state index in [2.05, 4.69) is 5.32 Å². The maximum Gasteiger partial charge on any atom is 0.361 e. The first-order valence-electron chi connectivity index (χ1n) is 6.67. The van der Waals surface area contributed by atoms with E-state index in [1.165, 1.54) is 0 Å². The average Bonchev–Trinajstić information content (AvgIpc) is 2.81. The Morgan fingerprint density at radius 3 is 3.05 bits per heavy atom. The number of aromatic nitrogens is 1. The number of amides is 1. The summed E-state index contributed by atoms with van der Waals surface area (Å²) in [5, 5.41) is 14.8. The summed E-state index contributed by atoms with van der Waals surface area (Å²) in [6, 6.07) is 5.00. The quantitative estimate of drug-likeness (QED) is 0.480. The van der Waals surface area contributed by atoms with Crippen LogP contribution in [0.5, 0.6) is 5.75 Å². The molecule has 21 heavy (non-hydrogen) atoms. The number of methoxy groups -OCH3 is 1. The van der Waals surface area contributed by atoms with E-state index in [1.807, 2.05) is 0 Å². The van der Waals surface area contributed by atoms with Crippen LogP contribution in [0.1, 0.15) is 18.7 Å². The Morgan fingerprint density at radius 2 is 2.33 bits per heavy atom. The van der Waals surface area contributed by atoms with Crippen LogP contribution in [-0.2, 0) is 11.2 Å². The summed E-state index contributed by atoms with van der Waals surface area (Å²) in [7, 11) is 1.55. The molecule has 0 aliphatic rings. The molecule has 0 bridgehead atoms. The number of hydrogen-bond donors (Lipinski definition) is 1. The predicted molar refractivity (Wildman–Crippen MR) is 78.4 cm³/mol. The van der Waals surface area contributed by atoms with Crippen molar-refractivity contribution in [3.05, 3.63) is 29.3 Å². The average molecular weight is 313 g/mol. The van der Waals surface area contributed by atoms with Crippen LogP contribution >= 0.6 is 11.6 Å². The second-order valence-electron chi connectivity index (χ2n) is 4.52. The van der Waals surface area contributed by atoms with Gasteiger partial charge in [-0.25, -0.2) is 0 Å². The van der Waals surface area contributed by atoms with Crippen molar-refractivity contribution < 1.29 is 18.7 Å². The highest BCUT2D eigenvalue weighted by Gasteiger charge is 2.18. The smallest absolute Gasteiger partial charge is 0.361 e. The van der Waals surface area contributed by atoms with Gasteiger partial charge in [0.05, 0.1) is 13.5 Å². The molecule has 1 heterocycles. The monoisotopic (exact) mass is 312 g/mol. The highest BCUT2D eigenvalue weighted by atomic mass is 35.5. The topological polar surface area (TPSA) is 78.4 Å². The van der Waals surface area contributed by atoms with Gasteiger partial charge in [0.2, 0.25) is 11.5 Å². The molecule has 0 saturated carbocycles. The number of oxazole rings is 1. The second-order valence-corrected chi connectivity index (χ2v) is 4.89. The minimum atomic E-state index is -0.0779. The number of rotatable bonds is 7. The number of halogens is 1. The summed E-state index contributed by atoms with van der Waals surface area (Å²) in [5.41, 5.74) is 0.909. The van der Waals surface area contributed by atoms with Gasteiger partial charge in [-0.1, -0.05) is 0 Å². The Labute approximate surface area is 127 Å². The number of carbonyl (C=O) groups is 1. The van der Waals surface area contributed by atoms with Crippen LogP contribution in [0.4, 0.5) is 0 Å². The van der Waals surface area contributed by atoms with Gasteiger partial charge in [-0.15, -0.1) is 16.3 Å². The first-order chi connectivity index (χ1) is 10.2. The molecule has 0 radical (unpaired) electrons. The van der Waals surface area contributed by atoms with Gasteiger partial charge in [0.1, 0.15) is 5.75 Å². The molecule has 2 rings (SSSR count). The van der Waals surface area contributed by atoms with Crippen LogP contribution in [0.15, 0.2) is 22.6 Å². The van der Waals surface area contributed by atoms with Crippen LogP contribution in [-0.4, -0.2) is 25.4 Å². The van der Waals surface area contributed by atoms with Crippen molar-refractivity contribution in [2.75, 3.05) is 19.5 Å². The zero-order valence-electron chi connectivity index (χ0n) is 11.7. The Hall–Kier alpha value is -1.95. The Balaban J connectivity index is 1.99. The number of nitrogens with zero attached hydrogens (tertiary/aromatic N) is 1. The fourth-order valence-electron chi connectivity index (χ4n) is 1.95. The van der Waals surface area contributed by atoms with Crippen molar-refractivity contribution in [3.8, 4) is 5.75 Å². The molecular weight excluding hydrogens is 296 g/mol. The molecule has 1 aromatic carbocycles. The third kappa shape index (κ3) is 3.78. The molecule has 0 fully saturated rings. The fourth-order valence-corrected chi connectivity index (χ4v) is 2.08. The van der Waals surface area contributed by atoms with Crippen LogP contribution in [0, 0.1) is 5.21 Å². The predicted octanol–water partition coefficient (Wildman–Crippen LogP) is 1.75. The molecule has 1 aromatic heterocycles. The number of alkyl halides is 1. The van der Waals surface area contributed by atoms with Crippen LogP contribution in [0.25, 0.3) is 11.1 Å². The standard InChI is InChI=1S/C14H17ClN2O4/c1-20-10-4-5-11-12(9-10)21-14(17(11)19)6-8-16-13(18)3-2-7-15/h4-5,9H,2-3,6-8H2,1H3,(H,16,18). The third-order valence-electron chi connectivity index (χ3n) is 3.04. The Morgan fingerprint density at radius 1 is 1.52 bits per heavy atom. The fraction of sp³-hybridized carbons (Fsp3) is 0.429. The van der Waals surface area contributed by atoms with Gasteiger partial charge in [0, 0.05) is 31.0 Å². The van der Waals surface area contributed by atoms with Gasteiger partial charge in [0.15, 0.2) is 0 Å². The molecule has 0 spiro atoms. The van der Waals surface area contributed by atoms with Crippen LogP contribution < -0.4 is 14.8 Å². The number of benzene rings is 1. The molecule has 0 atom stereocenters. The van der Waals surface area contributed by atoms with E-state index in [1.54, 1.807) is 25.3 Å². The van der Waals surface area contributed by atoms with E-state index in [9.17, 15) is 10.0 Å². The molecule has 0 saturated heterocycles. The van der Waals surface area contributed by atoms with Crippen LogP contribution in [0.2, 0.25) is 0 Å². The van der Waals surface area contributed by atoms with Gasteiger partial charge in [-0.3, -0.25) is 4.79 Å². The van der Waals surface area contributed by atoms with Crippen molar-refractivity contribution in [1.29, 1.82) is 0 Å². The summed E-state index contributed by atoms with van der Waals surface area (Å²) in [6.07, 6.45) is 1.35. The maximum atomic E-state index is 12.0. The highest BCUT2D eigenvalue weighted by molar-refractivity contribution is 6.17. The second kappa shape index (κ2) is 7.17. The summed E-state index contributed by atoms with van der Waals surface area (Å²) < 4.78 is 11.3. The minimum absolute atomic E-state index is 0.0779. The molecular formula is C14H17ClN2O4. The molecule has 7 heteroatoms. The van der Waals surface area contributed by atoms with Crippen molar-refractivity contribution in [3.63, 3.8) is 0 Å². The number of nitrogens with one attached hydrogen (secondary N) is 1. The van der Waals surface area contributed by atoms with E-state index in [4.69, 9.17) is 20.8 Å². The van der Waals surface area contributed by atoms with Gasteiger partial charge < -0.3 is 19.7 Å². The molecule has 2 aromatic rings. The molecule has 6 nitrogen and oxygen atoms in total. The number of ether oxygens (including phenoxy) is 1. The van der Waals surface area contributed by atoms with Crippen molar-refractivity contribution in [2.24, 2.45) is 0 Å². The number of carbonyl (C=O) groups excluding carboxylic acids is 1. The van der Waals surface area contributed by atoms with E-state index in [-0.39, 0.29) is 11.8 Å². The summed E-state index contributed by atoms with van der Waals surface area (Å²) in [4.78, 5) is 11.4. The zero-order chi connectivity index (χ0) is 15.2. The lowest BCUT2D eigenvalue weighted by Crippen LogP contribution is -2.33. The van der Waals surface area contributed by atoms with E-state index >= 15 is 0 Å². The van der Waals surface area contributed by atoms with E-state index < -0.39 is 0 Å². The zero-order valence-corrected chi connectivity index (χ0v) is 12.5. The normalized spacial score (nSPS) is 10.8. The summed E-state index contributed by atoms with van der Waals surface area (Å²) in [5.74, 6) is 1.26. The van der Waals surface area contributed by atoms with Crippen molar-refractivity contribution in [1.82, 2.24) is 5.32 Å². The van der Waals surface area contributed by atoms with Gasteiger partial charge >= 0.3 is 5.89 Å². The van der Waals surface area contributed by atoms with Gasteiger partial charge in [0.25, 0.3) is 5.52 Å². The van der Waals surface area contributed by atoms with E-state index in [0.717, 1.165) is 4.73 Å². The molecule has 114 valence electrons. The number of fused-ring (bicyclic) bond motifs is 1. The first-order valence-corrected chi connectivity index (χ1v) is 7.21. The van der Waals surface area contributed by atoms with Crippen LogP contribution in [0.3, 0.4) is 0 Å². The Bertz CT molecular complexity index is 627. The summed E-state index contributed by atoms with van der Waals surface area (Å²) >= 11 is 5.52. The molecule has 0 aliphatic heterocycles. The maximum absolute atomic E-state index is 12.0. The Kier molecular flexibility index (Phi) is 5.27. The molecule has 0 aliphatic carbocycles. The van der Waals surface area contributed by atoms with Crippen molar-refractivity contribution >= 4 is 28.6 Å². The third-order valence-corrected chi connectivity index (χ3v) is 3.31. The molecule has 1 N–H and O–H groups in total. The summed E-state index contributed by atoms with van der Waals surface area (Å²) in [6.45, 7) is 0.348. The molecule has 1 amide bonds. The van der Waals surface area contributed by atoms with Gasteiger partial charge in [-0.05, 0) is 12.5 Å². The highest BCUT2D eigenvalue weighted by Crippen LogP contribution is 2.20. The minimum Gasteiger partial charge on any atom is -0.616 e. The first kappa shape index (κ1) is 15.4. The number of hydrogen-bond acceptors (Lipinski definition) is 4. The lowest BCUT2D eigenvalue weighted by atomic mass is 10.3. The van der Waals surface area contributed by atoms with Gasteiger partial charge in [-0.2, -0.15) is 0 Å². The lowest BCUT2D eigenvalue weighted by Gasteiger charge is -2.02.